The Labute approximate surface area is 183 Å². The quantitative estimate of drug-likeness (QED) is 0.605. The number of nitrogens with one attached hydrogen (secondary N) is 1. The second kappa shape index (κ2) is 9.45. The van der Waals surface area contributed by atoms with E-state index in [0.29, 0.717) is 17.6 Å². The maximum atomic E-state index is 12.8. The molecule has 0 atom stereocenters. The van der Waals surface area contributed by atoms with Crippen molar-refractivity contribution in [3.8, 4) is 5.75 Å². The molecule has 0 spiro atoms. The van der Waals surface area contributed by atoms with Gasteiger partial charge in [-0.3, -0.25) is 4.90 Å². The number of sulfone groups is 1. The Morgan fingerprint density at radius 2 is 1.68 bits per heavy atom. The lowest BCUT2D eigenvalue weighted by molar-refractivity contribution is 0.211. The van der Waals surface area contributed by atoms with E-state index in [-0.39, 0.29) is 9.92 Å². The third-order valence-electron chi connectivity index (χ3n) is 5.47. The maximum Gasteiger partial charge on any atom is 0.225 e. The van der Waals surface area contributed by atoms with Crippen molar-refractivity contribution in [1.82, 2.24) is 15.1 Å². The van der Waals surface area contributed by atoms with Crippen molar-refractivity contribution in [2.24, 2.45) is 0 Å². The van der Waals surface area contributed by atoms with Crippen molar-refractivity contribution in [1.29, 1.82) is 0 Å². The monoisotopic (exact) mass is 438 g/mol. The Bertz CT molecular complexity index is 1080. The SMILES string of the molecule is COc1ccc(S(=O)(=O)c2ccc(NC3CCN(Cc4ccccc4)CC3)nn2)cc1. The second-order valence-electron chi connectivity index (χ2n) is 7.62. The lowest BCUT2D eigenvalue weighted by Crippen LogP contribution is -2.38. The van der Waals surface area contributed by atoms with Crippen LogP contribution < -0.4 is 10.1 Å². The third kappa shape index (κ3) is 5.21. The Kier molecular flexibility index (Phi) is 6.48. The Balaban J connectivity index is 1.33. The first-order valence-electron chi connectivity index (χ1n) is 10.3. The zero-order valence-corrected chi connectivity index (χ0v) is 18.3. The molecule has 1 fully saturated rings. The van der Waals surface area contributed by atoms with Gasteiger partial charge in [-0.05, 0) is 54.8 Å². The van der Waals surface area contributed by atoms with Crippen molar-refractivity contribution in [2.75, 3.05) is 25.5 Å². The standard InChI is InChI=1S/C23H26N4O3S/c1-30-20-7-9-21(10-8-20)31(28,29)23-12-11-22(25-26-23)24-19-13-15-27(16-14-19)17-18-5-3-2-4-6-18/h2-12,19H,13-17H2,1H3,(H,24,25). The molecular weight excluding hydrogens is 412 g/mol. The van der Waals surface area contributed by atoms with Crippen LogP contribution in [-0.2, 0) is 16.4 Å². The van der Waals surface area contributed by atoms with Crippen LogP contribution in [0.25, 0.3) is 0 Å². The summed E-state index contributed by atoms with van der Waals surface area (Å²) >= 11 is 0. The number of benzene rings is 2. The van der Waals surface area contributed by atoms with Crippen LogP contribution in [-0.4, -0.2) is 49.8 Å². The molecule has 7 nitrogen and oxygen atoms in total. The van der Waals surface area contributed by atoms with Gasteiger partial charge in [0.2, 0.25) is 9.84 Å². The highest BCUT2D eigenvalue weighted by atomic mass is 32.2. The first kappa shape index (κ1) is 21.3. The van der Waals surface area contributed by atoms with Gasteiger partial charge in [-0.25, -0.2) is 8.42 Å². The number of hydrogen-bond acceptors (Lipinski definition) is 7. The Morgan fingerprint density at radius 3 is 2.29 bits per heavy atom. The average molecular weight is 439 g/mol. The van der Waals surface area contributed by atoms with Gasteiger partial charge < -0.3 is 10.1 Å². The Hall–Kier alpha value is -2.97. The van der Waals surface area contributed by atoms with Crippen molar-refractivity contribution in [2.45, 2.75) is 35.3 Å². The number of nitrogens with zero attached hydrogens (tertiary/aromatic N) is 3. The molecule has 1 aromatic heterocycles. The van der Waals surface area contributed by atoms with E-state index in [1.165, 1.54) is 30.9 Å². The van der Waals surface area contributed by atoms with Crippen molar-refractivity contribution in [3.05, 3.63) is 72.3 Å². The summed E-state index contributed by atoms with van der Waals surface area (Å²) in [4.78, 5) is 2.61. The topological polar surface area (TPSA) is 84.4 Å². The number of methoxy groups -OCH3 is 1. The molecule has 1 aliphatic rings. The molecule has 0 radical (unpaired) electrons. The summed E-state index contributed by atoms with van der Waals surface area (Å²) in [6.07, 6.45) is 2.00. The fourth-order valence-corrected chi connectivity index (χ4v) is 4.83. The highest BCUT2D eigenvalue weighted by molar-refractivity contribution is 7.91. The fraction of sp³-hybridized carbons (Fsp3) is 0.304. The zero-order valence-electron chi connectivity index (χ0n) is 17.4. The molecule has 1 saturated heterocycles. The molecule has 1 N–H and O–H groups in total. The number of rotatable bonds is 7. The van der Waals surface area contributed by atoms with E-state index in [1.807, 2.05) is 6.07 Å². The van der Waals surface area contributed by atoms with Gasteiger partial charge in [0, 0.05) is 25.7 Å². The van der Waals surface area contributed by atoms with E-state index >= 15 is 0 Å². The minimum absolute atomic E-state index is 0.0686. The van der Waals surface area contributed by atoms with Gasteiger partial charge in [-0.2, -0.15) is 0 Å². The molecule has 2 heterocycles. The van der Waals surface area contributed by atoms with Gasteiger partial charge in [0.1, 0.15) is 11.6 Å². The number of aromatic nitrogens is 2. The largest absolute Gasteiger partial charge is 0.497 e. The molecule has 162 valence electrons. The molecule has 3 aromatic rings. The van der Waals surface area contributed by atoms with Gasteiger partial charge in [0.15, 0.2) is 5.03 Å². The van der Waals surface area contributed by atoms with Crippen molar-refractivity contribution < 1.29 is 13.2 Å². The number of ether oxygens (including phenoxy) is 1. The van der Waals surface area contributed by atoms with Crippen LogP contribution in [0.5, 0.6) is 5.75 Å². The summed E-state index contributed by atoms with van der Waals surface area (Å²) in [5.41, 5.74) is 1.33. The number of likely N-dealkylation sites (tertiary alicyclic amines) is 1. The summed E-state index contributed by atoms with van der Waals surface area (Å²) in [5, 5.41) is 11.4. The van der Waals surface area contributed by atoms with Crippen LogP contribution in [0.1, 0.15) is 18.4 Å². The minimum Gasteiger partial charge on any atom is -0.497 e. The first-order valence-corrected chi connectivity index (χ1v) is 11.8. The summed E-state index contributed by atoms with van der Waals surface area (Å²) in [6.45, 7) is 2.97. The summed E-state index contributed by atoms with van der Waals surface area (Å²) in [5.74, 6) is 1.19. The zero-order chi connectivity index (χ0) is 21.7. The third-order valence-corrected chi connectivity index (χ3v) is 7.13. The first-order chi connectivity index (χ1) is 15.0. The minimum atomic E-state index is -3.71. The maximum absolute atomic E-state index is 12.8. The van der Waals surface area contributed by atoms with Gasteiger partial charge in [0.05, 0.1) is 12.0 Å². The van der Waals surface area contributed by atoms with Crippen LogP contribution in [0, 0.1) is 0 Å². The van der Waals surface area contributed by atoms with Crippen LogP contribution in [0.4, 0.5) is 5.82 Å². The fourth-order valence-electron chi connectivity index (χ4n) is 3.70. The van der Waals surface area contributed by atoms with E-state index in [9.17, 15) is 8.42 Å². The molecule has 8 heteroatoms. The molecule has 0 amide bonds. The predicted octanol–water partition coefficient (Wildman–Crippen LogP) is 3.39. The van der Waals surface area contributed by atoms with E-state index in [0.717, 1.165) is 32.5 Å². The molecule has 0 aliphatic carbocycles. The normalized spacial score (nSPS) is 15.5. The number of anilines is 1. The lowest BCUT2D eigenvalue weighted by atomic mass is 10.0. The van der Waals surface area contributed by atoms with E-state index in [1.54, 1.807) is 18.2 Å². The van der Waals surface area contributed by atoms with Crippen molar-refractivity contribution >= 4 is 15.7 Å². The summed E-state index contributed by atoms with van der Waals surface area (Å²) in [7, 11) is -2.18. The van der Waals surface area contributed by atoms with Gasteiger partial charge in [0.25, 0.3) is 0 Å². The highest BCUT2D eigenvalue weighted by Gasteiger charge is 2.22. The molecular formula is C23H26N4O3S. The second-order valence-corrected chi connectivity index (χ2v) is 9.51. The van der Waals surface area contributed by atoms with Crippen molar-refractivity contribution in [3.63, 3.8) is 0 Å². The van der Waals surface area contributed by atoms with Gasteiger partial charge in [-0.1, -0.05) is 30.3 Å². The molecule has 1 aliphatic heterocycles. The van der Waals surface area contributed by atoms with E-state index in [2.05, 4.69) is 44.7 Å². The highest BCUT2D eigenvalue weighted by Crippen LogP contribution is 2.22. The Morgan fingerprint density at radius 1 is 0.968 bits per heavy atom. The smallest absolute Gasteiger partial charge is 0.225 e. The van der Waals surface area contributed by atoms with Gasteiger partial charge >= 0.3 is 0 Å². The molecule has 0 bridgehead atoms. The van der Waals surface area contributed by atoms with Crippen LogP contribution in [0.2, 0.25) is 0 Å². The number of hydrogen-bond donors (Lipinski definition) is 1. The van der Waals surface area contributed by atoms with Crippen LogP contribution in [0.3, 0.4) is 0 Å². The van der Waals surface area contributed by atoms with Gasteiger partial charge in [-0.15, -0.1) is 10.2 Å². The summed E-state index contributed by atoms with van der Waals surface area (Å²) in [6, 6.07) is 20.2. The molecule has 4 rings (SSSR count). The van der Waals surface area contributed by atoms with E-state index in [4.69, 9.17) is 4.74 Å². The van der Waals surface area contributed by atoms with Crippen LogP contribution >= 0.6 is 0 Å². The summed E-state index contributed by atoms with van der Waals surface area (Å²) < 4.78 is 30.6. The molecule has 0 unspecified atom stereocenters. The lowest BCUT2D eigenvalue weighted by Gasteiger charge is -2.32. The average Bonchev–Trinajstić information content (AvgIpc) is 2.81. The molecule has 0 saturated carbocycles. The van der Waals surface area contributed by atoms with E-state index < -0.39 is 9.84 Å². The molecule has 2 aromatic carbocycles. The molecule has 31 heavy (non-hydrogen) atoms. The predicted molar refractivity (Wildman–Crippen MR) is 119 cm³/mol. The van der Waals surface area contributed by atoms with Crippen LogP contribution in [0.15, 0.2) is 76.7 Å². The number of piperidine rings is 1.